The zero-order valence-electron chi connectivity index (χ0n) is 15.4. The Balaban J connectivity index is 2.10. The summed E-state index contributed by atoms with van der Waals surface area (Å²) in [7, 11) is 2.88. The summed E-state index contributed by atoms with van der Waals surface area (Å²) in [6, 6.07) is 11.5. The number of hydroxylamine groups is 2. The molecule has 0 radical (unpaired) electrons. The number of H-pyrrole nitrogens is 1. The molecule has 29 heavy (non-hydrogen) atoms. The molecule has 0 fully saturated rings. The molecule has 1 aromatic heterocycles. The van der Waals surface area contributed by atoms with E-state index < -0.39 is 17.2 Å². The van der Waals surface area contributed by atoms with Gasteiger partial charge in [-0.1, -0.05) is 41.4 Å². The minimum absolute atomic E-state index is 0.236. The third kappa shape index (κ3) is 4.40. The molecule has 150 valence electrons. The van der Waals surface area contributed by atoms with Gasteiger partial charge in [-0.15, -0.1) is 0 Å². The van der Waals surface area contributed by atoms with E-state index >= 15 is 0 Å². The zero-order valence-corrected chi connectivity index (χ0v) is 16.9. The lowest BCUT2D eigenvalue weighted by atomic mass is 9.90. The van der Waals surface area contributed by atoms with E-state index in [2.05, 4.69) is 10.1 Å². The predicted octanol–water partition coefficient (Wildman–Crippen LogP) is 2.38. The summed E-state index contributed by atoms with van der Waals surface area (Å²) in [6.45, 7) is 0. The molecule has 0 saturated heterocycles. The van der Waals surface area contributed by atoms with Crippen LogP contribution in [0.1, 0.15) is 17.0 Å². The molecule has 1 heterocycles. The molecule has 0 saturated carbocycles. The number of benzene rings is 2. The summed E-state index contributed by atoms with van der Waals surface area (Å²) in [5.74, 6) is -1.11. The predicted molar refractivity (Wildman–Crippen MR) is 109 cm³/mol. The van der Waals surface area contributed by atoms with Crippen molar-refractivity contribution in [3.05, 3.63) is 90.7 Å². The van der Waals surface area contributed by atoms with Gasteiger partial charge in [0, 0.05) is 17.1 Å². The van der Waals surface area contributed by atoms with E-state index in [1.807, 2.05) is 0 Å². The van der Waals surface area contributed by atoms with E-state index in [9.17, 15) is 14.4 Å². The number of amides is 1. The van der Waals surface area contributed by atoms with Crippen LogP contribution in [0.5, 0.6) is 0 Å². The molecule has 0 aliphatic carbocycles. The van der Waals surface area contributed by atoms with Crippen molar-refractivity contribution in [1.29, 1.82) is 0 Å². The molecule has 1 atom stereocenters. The number of nitrogens with zero attached hydrogens (tertiary/aromatic N) is 3. The fourth-order valence-corrected chi connectivity index (χ4v) is 3.21. The van der Waals surface area contributed by atoms with Crippen molar-refractivity contribution in [3.63, 3.8) is 0 Å². The molecule has 0 bridgehead atoms. The minimum Gasteiger partial charge on any atom is -0.275 e. The maximum atomic E-state index is 13.0. The smallest absolute Gasteiger partial charge is 0.275 e. The summed E-state index contributed by atoms with van der Waals surface area (Å²) < 4.78 is 0.997. The SMILES string of the molecule is CON(C)C(=O)C(c1ccc(Cl)cc1)c1ccc(-n2ncc(=O)[nH]c2=O)cc1Cl. The van der Waals surface area contributed by atoms with Crippen molar-refractivity contribution in [2.24, 2.45) is 0 Å². The van der Waals surface area contributed by atoms with Crippen LogP contribution in [0.2, 0.25) is 10.0 Å². The standard InChI is InChI=1S/C19H16Cl2N4O4/c1-24(29-2)18(27)17(11-3-5-12(20)6-4-11)14-8-7-13(9-15(14)21)25-19(28)23-16(26)10-22-25/h3-10,17H,1-2H3,(H,23,26,28). The number of hydrogen-bond acceptors (Lipinski definition) is 5. The van der Waals surface area contributed by atoms with Gasteiger partial charge in [-0.2, -0.15) is 9.78 Å². The normalized spacial score (nSPS) is 11.9. The van der Waals surface area contributed by atoms with E-state index in [0.717, 1.165) is 15.9 Å². The summed E-state index contributed by atoms with van der Waals surface area (Å²) in [5.41, 5.74) is 0.194. The Morgan fingerprint density at radius 1 is 1.17 bits per heavy atom. The van der Waals surface area contributed by atoms with Gasteiger partial charge >= 0.3 is 5.69 Å². The van der Waals surface area contributed by atoms with E-state index in [1.54, 1.807) is 36.4 Å². The Labute approximate surface area is 175 Å². The highest BCUT2D eigenvalue weighted by molar-refractivity contribution is 6.32. The first kappa shape index (κ1) is 20.8. The van der Waals surface area contributed by atoms with Crippen LogP contribution >= 0.6 is 23.2 Å². The summed E-state index contributed by atoms with van der Waals surface area (Å²) in [4.78, 5) is 43.3. The highest BCUT2D eigenvalue weighted by atomic mass is 35.5. The number of carbonyl (C=O) groups is 1. The van der Waals surface area contributed by atoms with Crippen molar-refractivity contribution in [2.75, 3.05) is 14.2 Å². The summed E-state index contributed by atoms with van der Waals surface area (Å²) in [5, 5.41) is 5.68. The van der Waals surface area contributed by atoms with Crippen LogP contribution in [0.4, 0.5) is 0 Å². The van der Waals surface area contributed by atoms with Crippen LogP contribution in [-0.2, 0) is 9.63 Å². The fourth-order valence-electron chi connectivity index (χ4n) is 2.80. The fraction of sp³-hybridized carbons (Fsp3) is 0.158. The molecule has 0 aliphatic heterocycles. The first-order valence-corrected chi connectivity index (χ1v) is 9.13. The van der Waals surface area contributed by atoms with Gasteiger partial charge in [0.05, 0.1) is 18.7 Å². The Morgan fingerprint density at radius 3 is 2.45 bits per heavy atom. The van der Waals surface area contributed by atoms with Gasteiger partial charge in [-0.05, 0) is 35.4 Å². The van der Waals surface area contributed by atoms with E-state index in [0.29, 0.717) is 21.8 Å². The monoisotopic (exact) mass is 434 g/mol. The third-order valence-electron chi connectivity index (χ3n) is 4.29. The number of carbonyl (C=O) groups excluding carboxylic acids is 1. The van der Waals surface area contributed by atoms with Crippen molar-refractivity contribution >= 4 is 29.1 Å². The second-order valence-corrected chi connectivity index (χ2v) is 6.90. The number of hydrogen-bond donors (Lipinski definition) is 1. The minimum atomic E-state index is -0.765. The van der Waals surface area contributed by atoms with Gasteiger partial charge in [0.2, 0.25) is 0 Å². The Kier molecular flexibility index (Phi) is 6.17. The van der Waals surface area contributed by atoms with Gasteiger partial charge in [0.25, 0.3) is 11.5 Å². The summed E-state index contributed by atoms with van der Waals surface area (Å²) >= 11 is 12.4. The quantitative estimate of drug-likeness (QED) is 0.621. The lowest BCUT2D eigenvalue weighted by Crippen LogP contribution is -2.32. The molecular formula is C19H16Cl2N4O4. The van der Waals surface area contributed by atoms with E-state index in [1.165, 1.54) is 20.2 Å². The molecule has 8 nitrogen and oxygen atoms in total. The highest BCUT2D eigenvalue weighted by Crippen LogP contribution is 2.33. The van der Waals surface area contributed by atoms with Crippen molar-refractivity contribution in [3.8, 4) is 5.69 Å². The van der Waals surface area contributed by atoms with E-state index in [4.69, 9.17) is 28.0 Å². The Hall–Kier alpha value is -2.94. The van der Waals surface area contributed by atoms with Crippen LogP contribution in [0.3, 0.4) is 0 Å². The lowest BCUT2D eigenvalue weighted by molar-refractivity contribution is -0.169. The van der Waals surface area contributed by atoms with Crippen LogP contribution in [0, 0.1) is 0 Å². The van der Waals surface area contributed by atoms with Crippen LogP contribution in [-0.4, -0.2) is 39.9 Å². The molecule has 1 N–H and O–H groups in total. The molecule has 0 spiro atoms. The third-order valence-corrected chi connectivity index (χ3v) is 4.87. The van der Waals surface area contributed by atoms with Gasteiger partial charge in [-0.25, -0.2) is 9.86 Å². The Bertz CT molecular complexity index is 1160. The summed E-state index contributed by atoms with van der Waals surface area (Å²) in [6.07, 6.45) is 0.983. The van der Waals surface area contributed by atoms with Crippen molar-refractivity contribution < 1.29 is 9.63 Å². The molecule has 0 aliphatic rings. The topological polar surface area (TPSA) is 97.3 Å². The lowest BCUT2D eigenvalue weighted by Gasteiger charge is -2.23. The second-order valence-electron chi connectivity index (χ2n) is 6.06. The zero-order chi connectivity index (χ0) is 21.1. The molecule has 3 aromatic rings. The maximum absolute atomic E-state index is 13.0. The Morgan fingerprint density at radius 2 is 1.86 bits per heavy atom. The van der Waals surface area contributed by atoms with Crippen LogP contribution in [0.25, 0.3) is 5.69 Å². The van der Waals surface area contributed by atoms with Gasteiger partial charge in [-0.3, -0.25) is 19.4 Å². The first-order chi connectivity index (χ1) is 13.8. The van der Waals surface area contributed by atoms with Crippen LogP contribution in [0.15, 0.2) is 58.3 Å². The number of likely N-dealkylation sites (N-methyl/N-ethyl adjacent to an activating group) is 1. The largest absolute Gasteiger partial charge is 0.349 e. The number of nitrogens with one attached hydrogen (secondary N) is 1. The average molecular weight is 435 g/mol. The molecule has 1 unspecified atom stereocenters. The van der Waals surface area contributed by atoms with Crippen molar-refractivity contribution in [2.45, 2.75) is 5.92 Å². The van der Waals surface area contributed by atoms with Gasteiger partial charge in [0.15, 0.2) is 0 Å². The van der Waals surface area contributed by atoms with Crippen molar-refractivity contribution in [1.82, 2.24) is 19.8 Å². The average Bonchev–Trinajstić information content (AvgIpc) is 2.70. The molecule has 3 rings (SSSR count). The number of rotatable bonds is 5. The molecular weight excluding hydrogens is 419 g/mol. The van der Waals surface area contributed by atoms with Gasteiger partial charge < -0.3 is 0 Å². The molecule has 2 aromatic carbocycles. The highest BCUT2D eigenvalue weighted by Gasteiger charge is 2.28. The van der Waals surface area contributed by atoms with E-state index in [-0.39, 0.29) is 10.9 Å². The number of aromatic nitrogens is 3. The molecule has 10 heteroatoms. The van der Waals surface area contributed by atoms with Crippen LogP contribution < -0.4 is 11.2 Å². The molecule has 1 amide bonds. The maximum Gasteiger partial charge on any atom is 0.349 e. The van der Waals surface area contributed by atoms with Gasteiger partial charge in [0.1, 0.15) is 6.20 Å². The first-order valence-electron chi connectivity index (χ1n) is 8.37. The number of halogens is 2. The number of aromatic amines is 1. The second kappa shape index (κ2) is 8.60.